The highest BCUT2D eigenvalue weighted by Gasteiger charge is 2.15. The second-order valence-corrected chi connectivity index (χ2v) is 4.50. The maximum absolute atomic E-state index is 11.3. The van der Waals surface area contributed by atoms with Crippen LogP contribution in [0.1, 0.15) is 23.0 Å². The van der Waals surface area contributed by atoms with Crippen molar-refractivity contribution < 1.29 is 4.79 Å². The van der Waals surface area contributed by atoms with E-state index in [0.717, 1.165) is 11.3 Å². The smallest absolute Gasteiger partial charge is 0.267 e. The van der Waals surface area contributed by atoms with Crippen LogP contribution in [-0.2, 0) is 0 Å². The van der Waals surface area contributed by atoms with Gasteiger partial charge in [-0.3, -0.25) is 4.79 Å². The van der Waals surface area contributed by atoms with E-state index in [1.807, 2.05) is 43.0 Å². The van der Waals surface area contributed by atoms with Crippen LogP contribution in [-0.4, -0.2) is 17.4 Å². The molecule has 0 aliphatic carbocycles. The van der Waals surface area contributed by atoms with E-state index >= 15 is 0 Å². The van der Waals surface area contributed by atoms with Gasteiger partial charge in [0.1, 0.15) is 5.69 Å². The van der Waals surface area contributed by atoms with Gasteiger partial charge in [-0.05, 0) is 37.6 Å². The molecule has 1 heterocycles. The van der Waals surface area contributed by atoms with E-state index in [2.05, 4.69) is 4.98 Å². The normalized spacial score (nSPS) is 10.3. The minimum Gasteiger partial charge on any atom is -0.396 e. The Hall–Kier alpha value is -2.56. The minimum absolute atomic E-state index is 0.209. The van der Waals surface area contributed by atoms with Crippen LogP contribution in [0.3, 0.4) is 0 Å². The molecular weight excluding hydrogens is 252 g/mol. The molecule has 0 spiro atoms. The summed E-state index contributed by atoms with van der Waals surface area (Å²) in [5.74, 6) is -0.00909. The molecule has 0 aliphatic heterocycles. The number of aromatic nitrogens is 1. The fraction of sp³-hybridized carbons (Fsp3) is 0.200. The molecule has 0 fully saturated rings. The van der Waals surface area contributed by atoms with Crippen molar-refractivity contribution in [3.8, 4) is 0 Å². The number of aryl methyl sites for hydroxylation is 1. The molecular formula is C15H18N4O. The summed E-state index contributed by atoms with van der Waals surface area (Å²) in [7, 11) is 0. The molecule has 104 valence electrons. The van der Waals surface area contributed by atoms with Gasteiger partial charge in [0.2, 0.25) is 0 Å². The summed E-state index contributed by atoms with van der Waals surface area (Å²) in [5.41, 5.74) is 14.1. The lowest BCUT2D eigenvalue weighted by atomic mass is 10.1. The Morgan fingerprint density at radius 1 is 1.25 bits per heavy atom. The molecule has 1 amide bonds. The monoisotopic (exact) mass is 270 g/mol. The molecule has 0 atom stereocenters. The van der Waals surface area contributed by atoms with Gasteiger partial charge in [-0.15, -0.1) is 0 Å². The number of nitrogens with zero attached hydrogens (tertiary/aromatic N) is 2. The van der Waals surface area contributed by atoms with Crippen LogP contribution >= 0.6 is 0 Å². The van der Waals surface area contributed by atoms with Crippen LogP contribution in [0.15, 0.2) is 36.4 Å². The van der Waals surface area contributed by atoms with Gasteiger partial charge in [-0.2, -0.15) is 0 Å². The largest absolute Gasteiger partial charge is 0.396 e. The number of carbonyl (C=O) groups is 1. The van der Waals surface area contributed by atoms with E-state index in [-0.39, 0.29) is 5.69 Å². The highest BCUT2D eigenvalue weighted by atomic mass is 16.1. The number of hydrogen-bond acceptors (Lipinski definition) is 4. The van der Waals surface area contributed by atoms with Gasteiger partial charge in [0.25, 0.3) is 5.91 Å². The zero-order chi connectivity index (χ0) is 14.7. The third kappa shape index (κ3) is 2.56. The molecule has 5 heteroatoms. The zero-order valence-electron chi connectivity index (χ0n) is 11.6. The molecule has 0 saturated heterocycles. The Bertz CT molecular complexity index is 640. The van der Waals surface area contributed by atoms with Crippen LogP contribution in [0.25, 0.3) is 0 Å². The summed E-state index contributed by atoms with van der Waals surface area (Å²) < 4.78 is 0. The highest BCUT2D eigenvalue weighted by molar-refractivity contribution is 5.92. The lowest BCUT2D eigenvalue weighted by Crippen LogP contribution is -2.22. The van der Waals surface area contributed by atoms with Crippen molar-refractivity contribution in [1.82, 2.24) is 4.98 Å². The van der Waals surface area contributed by atoms with E-state index in [1.165, 1.54) is 6.07 Å². The molecule has 5 nitrogen and oxygen atoms in total. The number of para-hydroxylation sites is 1. The number of carbonyl (C=O) groups excluding carboxylic acids is 1. The van der Waals surface area contributed by atoms with Gasteiger partial charge in [-0.1, -0.05) is 18.2 Å². The average molecular weight is 270 g/mol. The maximum atomic E-state index is 11.3. The van der Waals surface area contributed by atoms with Crippen molar-refractivity contribution in [3.05, 3.63) is 47.7 Å². The predicted octanol–water partition coefficient (Wildman–Crippen LogP) is 2.23. The number of nitrogens with two attached hydrogens (primary N) is 2. The first kappa shape index (κ1) is 13.9. The van der Waals surface area contributed by atoms with E-state index in [0.29, 0.717) is 18.1 Å². The second kappa shape index (κ2) is 5.61. The molecule has 0 unspecified atom stereocenters. The quantitative estimate of drug-likeness (QED) is 0.892. The van der Waals surface area contributed by atoms with Gasteiger partial charge in [0.15, 0.2) is 5.82 Å². The SMILES string of the molecule is CCN(c1ccccc1C)c1nc(C(N)=O)ccc1N. The fourth-order valence-corrected chi connectivity index (χ4v) is 2.11. The zero-order valence-corrected chi connectivity index (χ0v) is 11.6. The average Bonchev–Trinajstić information content (AvgIpc) is 2.43. The first-order valence-electron chi connectivity index (χ1n) is 6.44. The summed E-state index contributed by atoms with van der Waals surface area (Å²) in [5, 5.41) is 0. The maximum Gasteiger partial charge on any atom is 0.267 e. The van der Waals surface area contributed by atoms with Gasteiger partial charge >= 0.3 is 0 Å². The standard InChI is InChI=1S/C15H18N4O/c1-3-19(13-7-5-4-6-10(13)2)15-11(16)8-9-12(18-15)14(17)20/h4-9H,3,16H2,1-2H3,(H2,17,20). The molecule has 0 saturated carbocycles. The molecule has 0 bridgehead atoms. The van der Waals surface area contributed by atoms with Crippen molar-refractivity contribution in [1.29, 1.82) is 0 Å². The summed E-state index contributed by atoms with van der Waals surface area (Å²) in [6.07, 6.45) is 0. The number of pyridine rings is 1. The third-order valence-electron chi connectivity index (χ3n) is 3.14. The van der Waals surface area contributed by atoms with Crippen molar-refractivity contribution in [2.45, 2.75) is 13.8 Å². The molecule has 0 aliphatic rings. The predicted molar refractivity (Wildman–Crippen MR) is 81.0 cm³/mol. The van der Waals surface area contributed by atoms with E-state index in [4.69, 9.17) is 11.5 Å². The van der Waals surface area contributed by atoms with Crippen LogP contribution in [0.4, 0.5) is 17.2 Å². The van der Waals surface area contributed by atoms with Gasteiger partial charge in [0.05, 0.1) is 5.69 Å². The van der Waals surface area contributed by atoms with E-state index in [9.17, 15) is 4.79 Å². The number of benzene rings is 1. The minimum atomic E-state index is -0.563. The number of hydrogen-bond donors (Lipinski definition) is 2. The number of rotatable bonds is 4. The number of nitrogen functional groups attached to an aromatic ring is 1. The fourth-order valence-electron chi connectivity index (χ4n) is 2.11. The van der Waals surface area contributed by atoms with E-state index in [1.54, 1.807) is 6.07 Å². The van der Waals surface area contributed by atoms with Crippen LogP contribution in [0.2, 0.25) is 0 Å². The van der Waals surface area contributed by atoms with Crippen molar-refractivity contribution in [2.75, 3.05) is 17.2 Å². The summed E-state index contributed by atoms with van der Waals surface area (Å²) in [4.78, 5) is 17.5. The lowest BCUT2D eigenvalue weighted by molar-refractivity contribution is 0.0995. The van der Waals surface area contributed by atoms with E-state index < -0.39 is 5.91 Å². The molecule has 1 aromatic carbocycles. The summed E-state index contributed by atoms with van der Waals surface area (Å²) >= 11 is 0. The van der Waals surface area contributed by atoms with Crippen molar-refractivity contribution in [2.24, 2.45) is 5.73 Å². The molecule has 1 aromatic heterocycles. The van der Waals surface area contributed by atoms with Gasteiger partial charge in [0, 0.05) is 12.2 Å². The van der Waals surface area contributed by atoms with Crippen molar-refractivity contribution >= 4 is 23.1 Å². The second-order valence-electron chi connectivity index (χ2n) is 4.50. The van der Waals surface area contributed by atoms with Gasteiger partial charge < -0.3 is 16.4 Å². The molecule has 0 radical (unpaired) electrons. The summed E-state index contributed by atoms with van der Waals surface area (Å²) in [6, 6.07) is 11.1. The van der Waals surface area contributed by atoms with Crippen LogP contribution in [0, 0.1) is 6.92 Å². The lowest BCUT2D eigenvalue weighted by Gasteiger charge is -2.25. The van der Waals surface area contributed by atoms with Crippen molar-refractivity contribution in [3.63, 3.8) is 0 Å². The Morgan fingerprint density at radius 3 is 2.55 bits per heavy atom. The first-order chi connectivity index (χ1) is 9.54. The molecule has 20 heavy (non-hydrogen) atoms. The van der Waals surface area contributed by atoms with Gasteiger partial charge in [-0.25, -0.2) is 4.98 Å². The number of amides is 1. The Labute approximate surface area is 118 Å². The van der Waals surface area contributed by atoms with Crippen LogP contribution < -0.4 is 16.4 Å². The molecule has 4 N–H and O–H groups in total. The molecule has 2 rings (SSSR count). The number of anilines is 3. The third-order valence-corrected chi connectivity index (χ3v) is 3.14. The number of primary amides is 1. The highest BCUT2D eigenvalue weighted by Crippen LogP contribution is 2.30. The summed E-state index contributed by atoms with van der Waals surface area (Å²) in [6.45, 7) is 4.71. The molecule has 2 aromatic rings. The Morgan fingerprint density at radius 2 is 1.95 bits per heavy atom. The van der Waals surface area contributed by atoms with Crippen LogP contribution in [0.5, 0.6) is 0 Å². The topological polar surface area (TPSA) is 85.2 Å². The Balaban J connectivity index is 2.55. The first-order valence-corrected chi connectivity index (χ1v) is 6.44. The Kier molecular flexibility index (Phi) is 3.89.